The lowest BCUT2D eigenvalue weighted by molar-refractivity contribution is -0.140. The van der Waals surface area contributed by atoms with Gasteiger partial charge >= 0.3 is 12.0 Å². The van der Waals surface area contributed by atoms with E-state index in [4.69, 9.17) is 4.74 Å². The minimum Gasteiger partial charge on any atom is -0.497 e. The summed E-state index contributed by atoms with van der Waals surface area (Å²) in [6.45, 7) is 0.918. The van der Waals surface area contributed by atoms with E-state index in [1.807, 2.05) is 0 Å². The highest BCUT2D eigenvalue weighted by Crippen LogP contribution is 2.35. The van der Waals surface area contributed by atoms with E-state index in [9.17, 15) is 14.0 Å². The SMILES string of the molecule is COC(=O)CCCCCNC(=O)N1CCc2[nH]cnc2[C@H]1c1ccc(OC)cc1F. The summed E-state index contributed by atoms with van der Waals surface area (Å²) in [5, 5.41) is 2.90. The maximum Gasteiger partial charge on any atom is 0.318 e. The van der Waals surface area contributed by atoms with Gasteiger partial charge in [0.2, 0.25) is 0 Å². The van der Waals surface area contributed by atoms with Gasteiger partial charge in [0.25, 0.3) is 0 Å². The van der Waals surface area contributed by atoms with Crippen molar-refractivity contribution in [2.75, 3.05) is 27.3 Å². The predicted octanol–water partition coefficient (Wildman–Crippen LogP) is 2.95. The third-order valence-corrected chi connectivity index (χ3v) is 5.25. The summed E-state index contributed by atoms with van der Waals surface area (Å²) in [7, 11) is 2.85. The third-order valence-electron chi connectivity index (χ3n) is 5.25. The Morgan fingerprint density at radius 1 is 1.30 bits per heavy atom. The molecule has 1 aliphatic heterocycles. The number of nitrogens with zero attached hydrogens (tertiary/aromatic N) is 2. The molecule has 3 rings (SSSR count). The number of nitrogens with one attached hydrogen (secondary N) is 2. The quantitative estimate of drug-likeness (QED) is 0.508. The number of ether oxygens (including phenoxy) is 2. The Morgan fingerprint density at radius 3 is 2.87 bits per heavy atom. The van der Waals surface area contributed by atoms with Crippen LogP contribution >= 0.6 is 0 Å². The number of fused-ring (bicyclic) bond motifs is 1. The number of imidazole rings is 1. The number of unbranched alkanes of at least 4 members (excludes halogenated alkanes) is 2. The Morgan fingerprint density at radius 2 is 2.13 bits per heavy atom. The number of carbonyl (C=O) groups excluding carboxylic acids is 2. The van der Waals surface area contributed by atoms with Gasteiger partial charge in [-0.15, -0.1) is 0 Å². The van der Waals surface area contributed by atoms with E-state index >= 15 is 0 Å². The monoisotopic (exact) mass is 418 g/mol. The van der Waals surface area contributed by atoms with Crippen LogP contribution in [0.25, 0.3) is 0 Å². The largest absolute Gasteiger partial charge is 0.497 e. The zero-order chi connectivity index (χ0) is 21.5. The smallest absolute Gasteiger partial charge is 0.318 e. The van der Waals surface area contributed by atoms with Gasteiger partial charge in [-0.3, -0.25) is 4.79 Å². The Labute approximate surface area is 174 Å². The molecule has 0 bridgehead atoms. The summed E-state index contributed by atoms with van der Waals surface area (Å²) in [6, 6.07) is 3.74. The molecule has 9 heteroatoms. The fourth-order valence-corrected chi connectivity index (χ4v) is 3.64. The summed E-state index contributed by atoms with van der Waals surface area (Å²) in [5.41, 5.74) is 1.93. The Hall–Kier alpha value is -3.10. The molecule has 1 aromatic heterocycles. The first-order valence-corrected chi connectivity index (χ1v) is 10.0. The van der Waals surface area contributed by atoms with Gasteiger partial charge < -0.3 is 24.7 Å². The number of hydrogen-bond donors (Lipinski definition) is 2. The van der Waals surface area contributed by atoms with Crippen LogP contribution < -0.4 is 10.1 Å². The van der Waals surface area contributed by atoms with Gasteiger partial charge in [-0.05, 0) is 25.0 Å². The highest BCUT2D eigenvalue weighted by molar-refractivity contribution is 5.75. The first kappa shape index (κ1) is 21.6. The van der Waals surface area contributed by atoms with Crippen LogP contribution in [0, 0.1) is 5.82 Å². The molecule has 8 nitrogen and oxygen atoms in total. The van der Waals surface area contributed by atoms with Crippen LogP contribution in [-0.2, 0) is 16.0 Å². The standard InChI is InChI=1S/C21H27FN4O4/c1-29-14-7-8-15(16(22)12-14)20-19-17(24-13-25-19)9-11-26(20)21(28)23-10-5-3-4-6-18(27)30-2/h7-8,12-13,20H,3-6,9-11H2,1-2H3,(H,23,28)(H,24,25)/t20-/m1/s1. The van der Waals surface area contributed by atoms with E-state index in [-0.39, 0.29) is 12.0 Å². The van der Waals surface area contributed by atoms with E-state index in [0.29, 0.717) is 49.4 Å². The molecule has 0 spiro atoms. The molecule has 0 aliphatic carbocycles. The molecule has 2 aromatic rings. The summed E-state index contributed by atoms with van der Waals surface area (Å²) in [4.78, 5) is 33.1. The van der Waals surface area contributed by atoms with Crippen molar-refractivity contribution < 1.29 is 23.5 Å². The van der Waals surface area contributed by atoms with E-state index in [2.05, 4.69) is 20.0 Å². The zero-order valence-electron chi connectivity index (χ0n) is 17.2. The molecular weight excluding hydrogens is 391 g/mol. The van der Waals surface area contributed by atoms with Crippen molar-refractivity contribution >= 4 is 12.0 Å². The number of H-pyrrole nitrogens is 1. The fourth-order valence-electron chi connectivity index (χ4n) is 3.64. The average molecular weight is 418 g/mol. The van der Waals surface area contributed by atoms with Crippen molar-refractivity contribution in [3.8, 4) is 5.75 Å². The van der Waals surface area contributed by atoms with Crippen molar-refractivity contribution in [3.05, 3.63) is 47.3 Å². The van der Waals surface area contributed by atoms with Crippen LogP contribution in [0.5, 0.6) is 5.75 Å². The van der Waals surface area contributed by atoms with Crippen LogP contribution in [0.15, 0.2) is 24.5 Å². The molecule has 2 amide bonds. The number of halogens is 1. The molecule has 30 heavy (non-hydrogen) atoms. The number of carbonyl (C=O) groups is 2. The van der Waals surface area contributed by atoms with Crippen molar-refractivity contribution in [2.24, 2.45) is 0 Å². The fraction of sp³-hybridized carbons (Fsp3) is 0.476. The van der Waals surface area contributed by atoms with Gasteiger partial charge in [-0.2, -0.15) is 0 Å². The Bertz CT molecular complexity index is 886. The van der Waals surface area contributed by atoms with Crippen LogP contribution in [-0.4, -0.2) is 54.2 Å². The Kier molecular flexibility index (Phi) is 7.26. The molecular formula is C21H27FN4O4. The molecule has 1 aromatic carbocycles. The minimum atomic E-state index is -0.620. The second-order valence-corrected chi connectivity index (χ2v) is 7.12. The predicted molar refractivity (Wildman–Crippen MR) is 108 cm³/mol. The molecule has 0 saturated heterocycles. The number of rotatable bonds is 8. The molecule has 1 atom stereocenters. The highest BCUT2D eigenvalue weighted by Gasteiger charge is 2.35. The number of aromatic amines is 1. The van der Waals surface area contributed by atoms with Crippen LogP contribution in [0.4, 0.5) is 9.18 Å². The molecule has 0 unspecified atom stereocenters. The normalized spacial score (nSPS) is 15.4. The molecule has 2 heterocycles. The summed E-state index contributed by atoms with van der Waals surface area (Å²) in [6.07, 6.45) is 4.82. The number of hydrogen-bond acceptors (Lipinski definition) is 5. The second-order valence-electron chi connectivity index (χ2n) is 7.12. The van der Waals surface area contributed by atoms with E-state index in [1.165, 1.54) is 20.3 Å². The molecule has 162 valence electrons. The summed E-state index contributed by atoms with van der Waals surface area (Å²) >= 11 is 0. The summed E-state index contributed by atoms with van der Waals surface area (Å²) < 4.78 is 24.5. The molecule has 0 fully saturated rings. The lowest BCUT2D eigenvalue weighted by atomic mass is 9.95. The number of amides is 2. The van der Waals surface area contributed by atoms with Crippen molar-refractivity contribution in [2.45, 2.75) is 38.1 Å². The van der Waals surface area contributed by atoms with Crippen molar-refractivity contribution in [1.82, 2.24) is 20.2 Å². The number of benzene rings is 1. The van der Waals surface area contributed by atoms with Gasteiger partial charge in [0.15, 0.2) is 0 Å². The van der Waals surface area contributed by atoms with Gasteiger partial charge in [-0.25, -0.2) is 14.2 Å². The molecule has 1 aliphatic rings. The average Bonchev–Trinajstić information content (AvgIpc) is 3.24. The molecule has 0 radical (unpaired) electrons. The van der Waals surface area contributed by atoms with Crippen LogP contribution in [0.1, 0.15) is 48.7 Å². The van der Waals surface area contributed by atoms with Crippen LogP contribution in [0.3, 0.4) is 0 Å². The maximum absolute atomic E-state index is 14.8. The maximum atomic E-state index is 14.8. The molecule has 2 N–H and O–H groups in total. The number of urea groups is 1. The number of methoxy groups -OCH3 is 2. The van der Waals surface area contributed by atoms with E-state index < -0.39 is 11.9 Å². The Balaban J connectivity index is 1.67. The van der Waals surface area contributed by atoms with Gasteiger partial charge in [0, 0.05) is 43.3 Å². The first-order valence-electron chi connectivity index (χ1n) is 10.0. The number of esters is 1. The zero-order valence-corrected chi connectivity index (χ0v) is 17.2. The topological polar surface area (TPSA) is 96.6 Å². The van der Waals surface area contributed by atoms with Crippen LogP contribution in [0.2, 0.25) is 0 Å². The molecule has 0 saturated carbocycles. The number of aromatic nitrogens is 2. The second kappa shape index (κ2) is 10.1. The third kappa shape index (κ3) is 4.90. The highest BCUT2D eigenvalue weighted by atomic mass is 19.1. The van der Waals surface area contributed by atoms with Gasteiger partial charge in [-0.1, -0.05) is 6.42 Å². The minimum absolute atomic E-state index is 0.230. The lowest BCUT2D eigenvalue weighted by Gasteiger charge is -2.35. The lowest BCUT2D eigenvalue weighted by Crippen LogP contribution is -2.46. The van der Waals surface area contributed by atoms with E-state index in [1.54, 1.807) is 23.4 Å². The van der Waals surface area contributed by atoms with Gasteiger partial charge in [0.1, 0.15) is 17.6 Å². The van der Waals surface area contributed by atoms with E-state index in [0.717, 1.165) is 18.5 Å². The summed E-state index contributed by atoms with van der Waals surface area (Å²) in [5.74, 6) is -0.264. The van der Waals surface area contributed by atoms with Crippen molar-refractivity contribution in [1.29, 1.82) is 0 Å². The first-order chi connectivity index (χ1) is 14.5. The van der Waals surface area contributed by atoms with Gasteiger partial charge in [0.05, 0.1) is 26.2 Å². The van der Waals surface area contributed by atoms with Crippen molar-refractivity contribution in [3.63, 3.8) is 0 Å².